The zero-order valence-electron chi connectivity index (χ0n) is 19.6. The fraction of sp³-hybridized carbons (Fsp3) is 0.440. The van der Waals surface area contributed by atoms with Gasteiger partial charge in [-0.1, -0.05) is 18.7 Å². The van der Waals surface area contributed by atoms with E-state index in [-0.39, 0.29) is 30.2 Å². The van der Waals surface area contributed by atoms with Gasteiger partial charge in [-0.05, 0) is 43.9 Å². The van der Waals surface area contributed by atoms with Crippen LogP contribution >= 0.6 is 0 Å². The molecule has 2 heterocycles. The predicted octanol–water partition coefficient (Wildman–Crippen LogP) is 3.06. The number of likely N-dealkylation sites (tertiary alicyclic amines) is 1. The number of nitrogens with zero attached hydrogens (tertiary/aromatic N) is 3. The second-order valence-corrected chi connectivity index (χ2v) is 9.03. The van der Waals surface area contributed by atoms with Gasteiger partial charge in [0.1, 0.15) is 6.10 Å². The summed E-state index contributed by atoms with van der Waals surface area (Å²) in [5.74, 6) is -1.10. The van der Waals surface area contributed by atoms with Crippen LogP contribution in [-0.4, -0.2) is 64.5 Å². The predicted molar refractivity (Wildman–Crippen MR) is 126 cm³/mol. The number of carbonyl (C=O) groups excluding carboxylic acids is 2. The van der Waals surface area contributed by atoms with Crippen LogP contribution in [0.25, 0.3) is 6.08 Å². The van der Waals surface area contributed by atoms with E-state index in [1.54, 1.807) is 18.5 Å². The Morgan fingerprint density at radius 3 is 2.47 bits per heavy atom. The van der Waals surface area contributed by atoms with Crippen LogP contribution in [0.4, 0.5) is 13.2 Å². The number of amides is 2. The van der Waals surface area contributed by atoms with Crippen molar-refractivity contribution in [3.8, 4) is 6.01 Å². The largest absolute Gasteiger partial charge is 0.460 e. The number of hydrogen-bond acceptors (Lipinski definition) is 6. The number of hydrogen-bond donors (Lipinski definition) is 2. The molecule has 8 nitrogen and oxygen atoms in total. The molecule has 0 spiro atoms. The molecule has 4 rings (SSSR count). The number of nitrogens with one attached hydrogen (secondary N) is 2. The zero-order valence-corrected chi connectivity index (χ0v) is 19.6. The lowest BCUT2D eigenvalue weighted by Crippen LogP contribution is -2.63. The van der Waals surface area contributed by atoms with Crippen molar-refractivity contribution >= 4 is 17.9 Å². The van der Waals surface area contributed by atoms with Crippen LogP contribution in [0.1, 0.15) is 47.2 Å². The van der Waals surface area contributed by atoms with E-state index < -0.39 is 17.6 Å². The zero-order chi connectivity index (χ0) is 25.7. The summed E-state index contributed by atoms with van der Waals surface area (Å²) < 4.78 is 44.3. The Hall–Kier alpha value is -3.47. The van der Waals surface area contributed by atoms with Gasteiger partial charge >= 0.3 is 12.2 Å². The third kappa shape index (κ3) is 6.60. The summed E-state index contributed by atoms with van der Waals surface area (Å²) in [5.41, 5.74) is -0.221. The standard InChI is InChI=1S/C25H28F3N5O3/c1-2-16-11-30-24(31-12-16)36-21-8-6-20(7-9-21)33-14-19(15-33)32-22(34)13-29-23(35)17-4-3-5-18(10-17)25(26,27)28/h2-5,10-12,19-21H,1,6-9,13-15H2,(H,29,35)(H,32,34). The van der Waals surface area contributed by atoms with Gasteiger partial charge in [0, 0.05) is 42.7 Å². The summed E-state index contributed by atoms with van der Waals surface area (Å²) in [4.78, 5) is 35.0. The minimum atomic E-state index is -4.54. The molecule has 0 unspecified atom stereocenters. The van der Waals surface area contributed by atoms with Crippen LogP contribution in [0.5, 0.6) is 6.01 Å². The van der Waals surface area contributed by atoms with E-state index in [4.69, 9.17) is 4.74 Å². The molecule has 2 N–H and O–H groups in total. The molecule has 1 aromatic heterocycles. The van der Waals surface area contributed by atoms with E-state index in [1.807, 2.05) is 0 Å². The number of benzene rings is 1. The first kappa shape index (κ1) is 25.6. The van der Waals surface area contributed by atoms with Gasteiger partial charge in [0.05, 0.1) is 18.2 Å². The number of carbonyl (C=O) groups is 2. The number of rotatable bonds is 8. The second-order valence-electron chi connectivity index (χ2n) is 9.03. The molecule has 11 heteroatoms. The monoisotopic (exact) mass is 503 g/mol. The third-order valence-electron chi connectivity index (χ3n) is 6.45. The normalized spacial score (nSPS) is 20.8. The van der Waals surface area contributed by atoms with Crippen molar-refractivity contribution in [1.29, 1.82) is 0 Å². The smallest absolute Gasteiger partial charge is 0.416 e. The molecule has 1 aliphatic heterocycles. The number of alkyl halides is 3. The number of ether oxygens (including phenoxy) is 1. The van der Waals surface area contributed by atoms with Gasteiger partial charge in [-0.15, -0.1) is 0 Å². The Morgan fingerprint density at radius 2 is 1.83 bits per heavy atom. The molecule has 1 aromatic carbocycles. The molecule has 36 heavy (non-hydrogen) atoms. The van der Waals surface area contributed by atoms with E-state index in [0.29, 0.717) is 12.1 Å². The van der Waals surface area contributed by atoms with Crippen molar-refractivity contribution in [2.75, 3.05) is 19.6 Å². The molecule has 0 atom stereocenters. The second kappa shape index (κ2) is 11.1. The highest BCUT2D eigenvalue weighted by Gasteiger charge is 2.36. The Kier molecular flexibility index (Phi) is 7.88. The van der Waals surface area contributed by atoms with Crippen molar-refractivity contribution in [1.82, 2.24) is 25.5 Å². The SMILES string of the molecule is C=Cc1cnc(OC2CCC(N3CC(NC(=O)CNC(=O)c4cccc(C(F)(F)F)c4)C3)CC2)nc1. The highest BCUT2D eigenvalue weighted by atomic mass is 19.4. The Bertz CT molecular complexity index is 1080. The summed E-state index contributed by atoms with van der Waals surface area (Å²) in [7, 11) is 0. The van der Waals surface area contributed by atoms with E-state index in [9.17, 15) is 22.8 Å². The lowest BCUT2D eigenvalue weighted by atomic mass is 9.89. The summed E-state index contributed by atoms with van der Waals surface area (Å²) in [6.07, 6.45) is 4.30. The average molecular weight is 504 g/mol. The maximum Gasteiger partial charge on any atom is 0.416 e. The van der Waals surface area contributed by atoms with Crippen LogP contribution < -0.4 is 15.4 Å². The third-order valence-corrected chi connectivity index (χ3v) is 6.45. The molecular formula is C25H28F3N5O3. The van der Waals surface area contributed by atoms with E-state index in [1.165, 1.54) is 6.07 Å². The van der Waals surface area contributed by atoms with Crippen LogP contribution in [0.15, 0.2) is 43.2 Å². The minimum Gasteiger partial charge on any atom is -0.460 e. The molecule has 1 aliphatic carbocycles. The summed E-state index contributed by atoms with van der Waals surface area (Å²) in [6, 6.07) is 4.86. The molecule has 2 fully saturated rings. The molecule has 1 saturated carbocycles. The van der Waals surface area contributed by atoms with E-state index in [0.717, 1.165) is 62.5 Å². The first-order chi connectivity index (χ1) is 17.2. The van der Waals surface area contributed by atoms with E-state index >= 15 is 0 Å². The topological polar surface area (TPSA) is 96.5 Å². The molecule has 2 amide bonds. The van der Waals surface area contributed by atoms with Crippen LogP contribution in [-0.2, 0) is 11.0 Å². The molecule has 2 aromatic rings. The van der Waals surface area contributed by atoms with Crippen LogP contribution in [0.2, 0.25) is 0 Å². The summed E-state index contributed by atoms with van der Waals surface area (Å²) in [5, 5.41) is 5.23. The maximum atomic E-state index is 12.8. The minimum absolute atomic E-state index is 0.0197. The van der Waals surface area contributed by atoms with Crippen molar-refractivity contribution in [3.63, 3.8) is 0 Å². The molecule has 0 bridgehead atoms. The highest BCUT2D eigenvalue weighted by Crippen LogP contribution is 2.30. The van der Waals surface area contributed by atoms with Gasteiger partial charge in [-0.25, -0.2) is 9.97 Å². The average Bonchev–Trinajstić information content (AvgIpc) is 2.85. The lowest BCUT2D eigenvalue weighted by molar-refractivity contribution is -0.137. The quantitative estimate of drug-likeness (QED) is 0.575. The van der Waals surface area contributed by atoms with Crippen molar-refractivity contribution in [2.45, 2.75) is 50.0 Å². The Morgan fingerprint density at radius 1 is 1.14 bits per heavy atom. The van der Waals surface area contributed by atoms with Gasteiger partial charge in [0.25, 0.3) is 5.91 Å². The first-order valence-corrected chi connectivity index (χ1v) is 11.8. The maximum absolute atomic E-state index is 12.8. The highest BCUT2D eigenvalue weighted by molar-refractivity contribution is 5.96. The molecule has 1 saturated heterocycles. The van der Waals surface area contributed by atoms with Crippen molar-refractivity contribution in [3.05, 3.63) is 59.9 Å². The summed E-state index contributed by atoms with van der Waals surface area (Å²) in [6.45, 7) is 4.81. The van der Waals surface area contributed by atoms with Gasteiger partial charge in [0.15, 0.2) is 0 Å². The van der Waals surface area contributed by atoms with Crippen molar-refractivity contribution < 1.29 is 27.5 Å². The fourth-order valence-corrected chi connectivity index (χ4v) is 4.45. The lowest BCUT2D eigenvalue weighted by Gasteiger charge is -2.46. The number of halogens is 3. The fourth-order valence-electron chi connectivity index (χ4n) is 4.45. The van der Waals surface area contributed by atoms with Gasteiger partial charge in [-0.2, -0.15) is 13.2 Å². The van der Waals surface area contributed by atoms with Gasteiger partial charge in [0.2, 0.25) is 5.91 Å². The van der Waals surface area contributed by atoms with E-state index in [2.05, 4.69) is 32.1 Å². The summed E-state index contributed by atoms with van der Waals surface area (Å²) >= 11 is 0. The first-order valence-electron chi connectivity index (χ1n) is 11.8. The molecular weight excluding hydrogens is 475 g/mol. The molecule has 0 radical (unpaired) electrons. The Labute approximate surface area is 206 Å². The van der Waals surface area contributed by atoms with Gasteiger partial charge in [-0.3, -0.25) is 14.5 Å². The molecule has 2 aliphatic rings. The van der Waals surface area contributed by atoms with Crippen molar-refractivity contribution in [2.24, 2.45) is 0 Å². The van der Waals surface area contributed by atoms with Crippen LogP contribution in [0, 0.1) is 0 Å². The van der Waals surface area contributed by atoms with Gasteiger partial charge < -0.3 is 15.4 Å². The Balaban J connectivity index is 1.13. The van der Waals surface area contributed by atoms with Crippen LogP contribution in [0.3, 0.4) is 0 Å². The molecule has 192 valence electrons. The number of aromatic nitrogens is 2.